The van der Waals surface area contributed by atoms with Gasteiger partial charge in [0.15, 0.2) is 6.10 Å². The molecule has 23 heavy (non-hydrogen) atoms. The number of rotatable bonds is 4. The maximum absolute atomic E-state index is 13.6. The molecule has 0 heterocycles. The lowest BCUT2D eigenvalue weighted by Crippen LogP contribution is -2.30. The summed E-state index contributed by atoms with van der Waals surface area (Å²) in [5.41, 5.74) is 1.18. The molecular weight excluding hydrogens is 321 g/mol. The van der Waals surface area contributed by atoms with Gasteiger partial charge in [0.1, 0.15) is 5.82 Å². The number of hydrogen-bond donors (Lipinski definition) is 1. The molecule has 2 aromatic rings. The van der Waals surface area contributed by atoms with Crippen LogP contribution in [0.2, 0.25) is 5.02 Å². The average Bonchev–Trinajstić information content (AvgIpc) is 2.51. The smallest absolute Gasteiger partial charge is 0.341 e. The van der Waals surface area contributed by atoms with Gasteiger partial charge in [-0.05, 0) is 43.7 Å². The van der Waals surface area contributed by atoms with Crippen molar-refractivity contribution in [1.29, 1.82) is 0 Å². The van der Waals surface area contributed by atoms with E-state index < -0.39 is 23.8 Å². The van der Waals surface area contributed by atoms with Crippen LogP contribution in [-0.2, 0) is 9.53 Å². The predicted molar refractivity (Wildman–Crippen MR) is 86.1 cm³/mol. The molecule has 4 nitrogen and oxygen atoms in total. The molecule has 0 saturated carbocycles. The van der Waals surface area contributed by atoms with Gasteiger partial charge in [0.25, 0.3) is 5.91 Å². The molecule has 1 unspecified atom stereocenters. The third-order valence-electron chi connectivity index (χ3n) is 3.20. The topological polar surface area (TPSA) is 55.4 Å². The van der Waals surface area contributed by atoms with E-state index in [0.717, 1.165) is 17.7 Å². The summed E-state index contributed by atoms with van der Waals surface area (Å²) in [4.78, 5) is 24.0. The Labute approximate surface area is 138 Å². The van der Waals surface area contributed by atoms with Crippen molar-refractivity contribution >= 4 is 29.2 Å². The van der Waals surface area contributed by atoms with Crippen molar-refractivity contribution in [2.75, 3.05) is 5.32 Å². The average molecular weight is 336 g/mol. The van der Waals surface area contributed by atoms with Crippen molar-refractivity contribution in [3.05, 3.63) is 64.4 Å². The fraction of sp³-hybridized carbons (Fsp3) is 0.176. The van der Waals surface area contributed by atoms with E-state index in [9.17, 15) is 14.0 Å². The summed E-state index contributed by atoms with van der Waals surface area (Å²) in [5, 5.41) is 2.86. The van der Waals surface area contributed by atoms with Gasteiger partial charge in [0, 0.05) is 10.7 Å². The maximum Gasteiger partial charge on any atom is 0.341 e. The summed E-state index contributed by atoms with van der Waals surface area (Å²) in [6, 6.07) is 10.7. The molecule has 0 aromatic heterocycles. The number of benzene rings is 2. The van der Waals surface area contributed by atoms with Crippen LogP contribution in [0.5, 0.6) is 0 Å². The first-order valence-electron chi connectivity index (χ1n) is 6.91. The minimum absolute atomic E-state index is 0.204. The van der Waals surface area contributed by atoms with Gasteiger partial charge in [0.05, 0.1) is 5.56 Å². The molecule has 1 N–H and O–H groups in total. The number of halogens is 2. The zero-order chi connectivity index (χ0) is 17.0. The Bertz CT molecular complexity index is 748. The Kier molecular flexibility index (Phi) is 5.34. The molecule has 120 valence electrons. The van der Waals surface area contributed by atoms with Crippen molar-refractivity contribution in [2.24, 2.45) is 0 Å². The number of para-hydroxylation sites is 1. The highest BCUT2D eigenvalue weighted by Crippen LogP contribution is 2.17. The quantitative estimate of drug-likeness (QED) is 0.860. The van der Waals surface area contributed by atoms with Crippen LogP contribution in [0.3, 0.4) is 0 Å². The van der Waals surface area contributed by atoms with E-state index in [4.69, 9.17) is 16.3 Å². The highest BCUT2D eigenvalue weighted by atomic mass is 35.5. The van der Waals surface area contributed by atoms with Gasteiger partial charge in [-0.2, -0.15) is 0 Å². The summed E-state index contributed by atoms with van der Waals surface area (Å²) in [5.74, 6) is -2.21. The molecule has 0 aliphatic carbocycles. The molecule has 0 aliphatic heterocycles. The second kappa shape index (κ2) is 7.24. The lowest BCUT2D eigenvalue weighted by molar-refractivity contribution is -0.123. The molecule has 6 heteroatoms. The fourth-order valence-electron chi connectivity index (χ4n) is 1.88. The Morgan fingerprint density at radius 3 is 2.61 bits per heavy atom. The number of aryl methyl sites for hydroxylation is 1. The van der Waals surface area contributed by atoms with Crippen molar-refractivity contribution in [3.8, 4) is 0 Å². The van der Waals surface area contributed by atoms with Crippen LogP contribution in [0.15, 0.2) is 42.5 Å². The molecule has 0 saturated heterocycles. The highest BCUT2D eigenvalue weighted by Gasteiger charge is 2.21. The van der Waals surface area contributed by atoms with E-state index in [1.165, 1.54) is 13.0 Å². The molecule has 0 bridgehead atoms. The van der Waals surface area contributed by atoms with Gasteiger partial charge < -0.3 is 10.1 Å². The highest BCUT2D eigenvalue weighted by molar-refractivity contribution is 6.30. The Hall–Kier alpha value is -2.40. The lowest BCUT2D eigenvalue weighted by atomic mass is 10.2. The third-order valence-corrected chi connectivity index (χ3v) is 3.44. The van der Waals surface area contributed by atoms with Gasteiger partial charge in [-0.15, -0.1) is 0 Å². The van der Waals surface area contributed by atoms with Crippen LogP contribution in [0.4, 0.5) is 10.1 Å². The number of anilines is 1. The Balaban J connectivity index is 2.05. The van der Waals surface area contributed by atoms with Gasteiger partial charge in [-0.3, -0.25) is 4.79 Å². The Morgan fingerprint density at radius 2 is 1.91 bits per heavy atom. The largest absolute Gasteiger partial charge is 0.449 e. The number of carbonyl (C=O) groups is 2. The van der Waals surface area contributed by atoms with E-state index in [1.54, 1.807) is 12.1 Å². The van der Waals surface area contributed by atoms with Crippen LogP contribution in [0.25, 0.3) is 0 Å². The predicted octanol–water partition coefficient (Wildman–Crippen LogP) is 3.97. The van der Waals surface area contributed by atoms with Crippen molar-refractivity contribution in [3.63, 3.8) is 0 Å². The van der Waals surface area contributed by atoms with Crippen molar-refractivity contribution < 1.29 is 18.7 Å². The maximum atomic E-state index is 13.6. The van der Waals surface area contributed by atoms with Crippen LogP contribution >= 0.6 is 11.6 Å². The summed E-state index contributed by atoms with van der Waals surface area (Å²) in [6.07, 6.45) is -1.08. The minimum Gasteiger partial charge on any atom is -0.449 e. The van der Waals surface area contributed by atoms with Gasteiger partial charge >= 0.3 is 5.97 Å². The first-order chi connectivity index (χ1) is 10.9. The first kappa shape index (κ1) is 17.0. The first-order valence-corrected chi connectivity index (χ1v) is 7.29. The van der Waals surface area contributed by atoms with Gasteiger partial charge in [0.2, 0.25) is 0 Å². The normalized spacial score (nSPS) is 11.7. The number of nitrogens with one attached hydrogen (secondary N) is 1. The van der Waals surface area contributed by atoms with Crippen LogP contribution < -0.4 is 5.32 Å². The molecule has 0 spiro atoms. The number of amides is 1. The monoisotopic (exact) mass is 335 g/mol. The van der Waals surface area contributed by atoms with Crippen LogP contribution in [-0.4, -0.2) is 18.0 Å². The van der Waals surface area contributed by atoms with E-state index >= 15 is 0 Å². The zero-order valence-corrected chi connectivity index (χ0v) is 13.4. The summed E-state index contributed by atoms with van der Waals surface area (Å²) in [6.45, 7) is 3.25. The van der Waals surface area contributed by atoms with Crippen molar-refractivity contribution in [2.45, 2.75) is 20.0 Å². The summed E-state index contributed by atoms with van der Waals surface area (Å²) in [7, 11) is 0. The molecule has 1 amide bonds. The van der Waals surface area contributed by atoms with E-state index in [-0.39, 0.29) is 10.6 Å². The van der Waals surface area contributed by atoms with Crippen LogP contribution in [0, 0.1) is 12.7 Å². The second-order valence-corrected chi connectivity index (χ2v) is 5.41. The standard InChI is InChI=1S/C17H15ClFNO3/c1-10-5-3-4-6-15(10)20-16(21)11(2)23-17(22)13-9-12(18)7-8-14(13)19/h3-9,11H,1-2H3,(H,20,21). The third kappa shape index (κ3) is 4.29. The summed E-state index contributed by atoms with van der Waals surface area (Å²) < 4.78 is 18.6. The SMILES string of the molecule is Cc1ccccc1NC(=O)C(C)OC(=O)c1cc(Cl)ccc1F. The number of esters is 1. The molecular formula is C17H15ClFNO3. The molecule has 2 rings (SSSR count). The number of carbonyl (C=O) groups excluding carboxylic acids is 2. The molecule has 2 aromatic carbocycles. The Morgan fingerprint density at radius 1 is 1.22 bits per heavy atom. The summed E-state index contributed by atoms with van der Waals surface area (Å²) >= 11 is 5.73. The van der Waals surface area contributed by atoms with E-state index in [1.807, 2.05) is 19.1 Å². The minimum atomic E-state index is -1.08. The molecule has 0 aliphatic rings. The number of ether oxygens (including phenoxy) is 1. The molecule has 0 radical (unpaired) electrons. The second-order valence-electron chi connectivity index (χ2n) is 4.98. The van der Waals surface area contributed by atoms with E-state index in [0.29, 0.717) is 5.69 Å². The van der Waals surface area contributed by atoms with Crippen molar-refractivity contribution in [1.82, 2.24) is 0 Å². The molecule has 1 atom stereocenters. The van der Waals surface area contributed by atoms with Gasteiger partial charge in [-0.25, -0.2) is 9.18 Å². The van der Waals surface area contributed by atoms with E-state index in [2.05, 4.69) is 5.32 Å². The number of hydrogen-bond acceptors (Lipinski definition) is 3. The lowest BCUT2D eigenvalue weighted by Gasteiger charge is -2.15. The molecule has 0 fully saturated rings. The van der Waals surface area contributed by atoms with Gasteiger partial charge in [-0.1, -0.05) is 29.8 Å². The van der Waals surface area contributed by atoms with Crippen LogP contribution in [0.1, 0.15) is 22.8 Å². The fourth-order valence-corrected chi connectivity index (χ4v) is 2.05. The zero-order valence-electron chi connectivity index (χ0n) is 12.6.